The molecular weight excluding hydrogens is 403 g/mol. The minimum Gasteiger partial charge on any atom is -0.331 e. The molecule has 9 heteroatoms. The van der Waals surface area contributed by atoms with Crippen LogP contribution in [0.5, 0.6) is 0 Å². The summed E-state index contributed by atoms with van der Waals surface area (Å²) in [5.41, 5.74) is -0.0449. The van der Waals surface area contributed by atoms with Crippen molar-refractivity contribution in [2.45, 2.75) is 38.3 Å². The third-order valence-electron chi connectivity index (χ3n) is 5.57. The number of carbonyl (C=O) groups excluding carboxylic acids is 3. The Morgan fingerprint density at radius 2 is 1.93 bits per heavy atom. The van der Waals surface area contributed by atoms with Crippen molar-refractivity contribution in [3.8, 4) is 0 Å². The molecule has 0 radical (unpaired) electrons. The van der Waals surface area contributed by atoms with Crippen LogP contribution in [0.2, 0.25) is 5.02 Å². The van der Waals surface area contributed by atoms with Crippen molar-refractivity contribution in [2.75, 3.05) is 26.2 Å². The van der Waals surface area contributed by atoms with Gasteiger partial charge in [-0.2, -0.15) is 0 Å². The molecule has 2 N–H and O–H groups in total. The lowest BCUT2D eigenvalue weighted by Gasteiger charge is -2.37. The number of piperazine rings is 1. The number of carbonyl (C=O) groups is 3. The van der Waals surface area contributed by atoms with Crippen LogP contribution in [0.15, 0.2) is 24.3 Å². The average Bonchev–Trinajstić information content (AvgIpc) is 2.93. The van der Waals surface area contributed by atoms with E-state index in [1.165, 1.54) is 0 Å². The number of urea groups is 1. The summed E-state index contributed by atoms with van der Waals surface area (Å²) in [6.45, 7) is 5.18. The van der Waals surface area contributed by atoms with E-state index >= 15 is 0 Å². The summed E-state index contributed by atoms with van der Waals surface area (Å²) in [7, 11) is 0. The maximum Gasteiger partial charge on any atom is 0.325 e. The number of hydrogen-bond acceptors (Lipinski definition) is 4. The number of hydrogen-bond donors (Lipinski definition) is 2. The van der Waals surface area contributed by atoms with Gasteiger partial charge in [0.1, 0.15) is 12.1 Å². The molecule has 2 saturated heterocycles. The van der Waals surface area contributed by atoms with Gasteiger partial charge in [-0.25, -0.2) is 4.79 Å². The van der Waals surface area contributed by atoms with E-state index < -0.39 is 11.6 Å². The third-order valence-corrected chi connectivity index (χ3v) is 5.92. The Hall–Kier alpha value is -1.83. The van der Waals surface area contributed by atoms with Crippen LogP contribution in [0.3, 0.4) is 0 Å². The fraction of sp³-hybridized carbons (Fsp3) is 0.526. The Kier molecular flexibility index (Phi) is 7.31. The first-order valence-electron chi connectivity index (χ1n) is 9.32. The largest absolute Gasteiger partial charge is 0.331 e. The molecule has 7 nitrogen and oxygen atoms in total. The van der Waals surface area contributed by atoms with Crippen LogP contribution in [0.25, 0.3) is 0 Å². The molecule has 3 rings (SSSR count). The van der Waals surface area contributed by atoms with E-state index in [1.54, 1.807) is 11.0 Å². The fourth-order valence-electron chi connectivity index (χ4n) is 3.80. The van der Waals surface area contributed by atoms with Gasteiger partial charge in [0.05, 0.1) is 6.04 Å². The predicted molar refractivity (Wildman–Crippen MR) is 110 cm³/mol. The molecule has 1 aromatic carbocycles. The van der Waals surface area contributed by atoms with Gasteiger partial charge in [0.25, 0.3) is 5.91 Å². The number of rotatable bonds is 5. The molecule has 4 amide bonds. The lowest BCUT2D eigenvalue weighted by molar-refractivity contribution is -0.141. The summed E-state index contributed by atoms with van der Waals surface area (Å²) in [6, 6.07) is 6.68. The van der Waals surface area contributed by atoms with Crippen molar-refractivity contribution in [1.82, 2.24) is 20.4 Å². The van der Waals surface area contributed by atoms with Crippen LogP contribution in [0.4, 0.5) is 4.79 Å². The highest BCUT2D eigenvalue weighted by atomic mass is 35.5. The highest BCUT2D eigenvalue weighted by Crippen LogP contribution is 2.29. The van der Waals surface area contributed by atoms with Crippen molar-refractivity contribution in [2.24, 2.45) is 0 Å². The lowest BCUT2D eigenvalue weighted by atomic mass is 9.93. The second-order valence-corrected chi connectivity index (χ2v) is 7.35. The van der Waals surface area contributed by atoms with Crippen LogP contribution in [-0.2, 0) is 9.59 Å². The van der Waals surface area contributed by atoms with Gasteiger partial charge in [-0.3, -0.25) is 14.5 Å². The normalized spacial score (nSPS) is 21.3. The molecule has 1 atom stereocenters. The van der Waals surface area contributed by atoms with Crippen molar-refractivity contribution >= 4 is 41.9 Å². The topological polar surface area (TPSA) is 81.8 Å². The molecule has 1 aromatic rings. The molecule has 28 heavy (non-hydrogen) atoms. The van der Waals surface area contributed by atoms with Gasteiger partial charge >= 0.3 is 6.03 Å². The van der Waals surface area contributed by atoms with E-state index in [1.807, 2.05) is 32.0 Å². The fourth-order valence-corrected chi connectivity index (χ4v) is 4.06. The van der Waals surface area contributed by atoms with Gasteiger partial charge < -0.3 is 15.5 Å². The quantitative estimate of drug-likeness (QED) is 0.705. The number of imide groups is 1. The van der Waals surface area contributed by atoms with Crippen LogP contribution in [-0.4, -0.2) is 59.4 Å². The number of nitrogens with one attached hydrogen (secondary N) is 2. The number of benzene rings is 1. The first-order valence-corrected chi connectivity index (χ1v) is 9.70. The van der Waals surface area contributed by atoms with Gasteiger partial charge in [-0.1, -0.05) is 43.6 Å². The Morgan fingerprint density at radius 3 is 2.54 bits per heavy atom. The van der Waals surface area contributed by atoms with Crippen LogP contribution < -0.4 is 10.6 Å². The molecule has 2 fully saturated rings. The summed E-state index contributed by atoms with van der Waals surface area (Å²) in [5, 5.41) is 6.63. The molecular formula is C19H26Cl2N4O3. The molecule has 0 spiro atoms. The van der Waals surface area contributed by atoms with E-state index in [0.717, 1.165) is 10.5 Å². The Labute approximate surface area is 176 Å². The second-order valence-electron chi connectivity index (χ2n) is 6.94. The van der Waals surface area contributed by atoms with Crippen molar-refractivity contribution in [1.29, 1.82) is 0 Å². The Morgan fingerprint density at radius 1 is 1.25 bits per heavy atom. The minimum atomic E-state index is -0.900. The molecule has 2 heterocycles. The number of amides is 4. The van der Waals surface area contributed by atoms with E-state index in [2.05, 4.69) is 10.6 Å². The number of nitrogens with zero attached hydrogens (tertiary/aromatic N) is 2. The average molecular weight is 429 g/mol. The zero-order chi connectivity index (χ0) is 19.6. The molecule has 0 aromatic heterocycles. The monoisotopic (exact) mass is 428 g/mol. The maximum absolute atomic E-state index is 13.0. The molecule has 1 unspecified atom stereocenters. The summed E-state index contributed by atoms with van der Waals surface area (Å²) >= 11 is 6.32. The molecule has 2 aliphatic heterocycles. The van der Waals surface area contributed by atoms with Gasteiger partial charge in [0, 0.05) is 24.7 Å². The van der Waals surface area contributed by atoms with Crippen LogP contribution in [0.1, 0.15) is 38.3 Å². The number of halogens is 2. The van der Waals surface area contributed by atoms with Crippen LogP contribution in [0, 0.1) is 0 Å². The van der Waals surface area contributed by atoms with Gasteiger partial charge in [-0.15, -0.1) is 12.4 Å². The highest BCUT2D eigenvalue weighted by molar-refractivity contribution is 6.31. The van der Waals surface area contributed by atoms with Gasteiger partial charge in [0.2, 0.25) is 5.91 Å². The first kappa shape index (κ1) is 22.5. The SMILES string of the molecule is CCC1(CC)NC(=O)N(CC(=O)N2CCNCC2c2ccccc2Cl)C1=O.Cl. The standard InChI is InChI=1S/C19H25ClN4O3.ClH/c1-3-19(4-2)17(26)24(18(27)22-19)12-16(25)23-10-9-21-11-15(23)13-7-5-6-8-14(13)20;/h5-8,15,21H,3-4,9-12H2,1-2H3,(H,22,27);1H. The Bertz CT molecular complexity index is 754. The molecule has 2 aliphatic rings. The third kappa shape index (κ3) is 3.97. The lowest BCUT2D eigenvalue weighted by Crippen LogP contribution is -2.52. The summed E-state index contributed by atoms with van der Waals surface area (Å²) < 4.78 is 0. The molecule has 0 bridgehead atoms. The van der Waals surface area contributed by atoms with E-state index in [0.29, 0.717) is 37.5 Å². The smallest absolute Gasteiger partial charge is 0.325 e. The predicted octanol–water partition coefficient (Wildman–Crippen LogP) is 2.35. The van der Waals surface area contributed by atoms with Crippen molar-refractivity contribution in [3.05, 3.63) is 34.9 Å². The van der Waals surface area contributed by atoms with Crippen molar-refractivity contribution in [3.63, 3.8) is 0 Å². The van der Waals surface area contributed by atoms with Crippen LogP contribution >= 0.6 is 24.0 Å². The molecule has 0 aliphatic carbocycles. The van der Waals surface area contributed by atoms with E-state index in [4.69, 9.17) is 11.6 Å². The first-order chi connectivity index (χ1) is 12.9. The maximum atomic E-state index is 13.0. The zero-order valence-corrected chi connectivity index (χ0v) is 17.6. The molecule has 154 valence electrons. The second kappa shape index (κ2) is 9.11. The summed E-state index contributed by atoms with van der Waals surface area (Å²) in [4.78, 5) is 40.9. The Balaban J connectivity index is 0.00000280. The minimum absolute atomic E-state index is 0. The zero-order valence-electron chi connectivity index (χ0n) is 16.0. The highest BCUT2D eigenvalue weighted by Gasteiger charge is 2.49. The summed E-state index contributed by atoms with van der Waals surface area (Å²) in [6.07, 6.45) is 0.989. The van der Waals surface area contributed by atoms with Crippen molar-refractivity contribution < 1.29 is 14.4 Å². The molecule has 0 saturated carbocycles. The summed E-state index contributed by atoms with van der Waals surface area (Å²) in [5.74, 6) is -0.580. The van der Waals surface area contributed by atoms with Gasteiger partial charge in [0.15, 0.2) is 0 Å². The van der Waals surface area contributed by atoms with E-state index in [-0.39, 0.29) is 36.8 Å². The van der Waals surface area contributed by atoms with Gasteiger partial charge in [-0.05, 0) is 24.5 Å². The van der Waals surface area contributed by atoms with E-state index in [9.17, 15) is 14.4 Å².